The van der Waals surface area contributed by atoms with E-state index >= 15 is 0 Å². The third-order valence-electron chi connectivity index (χ3n) is 1.63. The van der Waals surface area contributed by atoms with Gasteiger partial charge in [0.2, 0.25) is 0 Å². The molecule has 17 heavy (non-hydrogen) atoms. The number of aliphatic hydroxyl groups is 1. The Bertz CT molecular complexity index is 235. The van der Waals surface area contributed by atoms with Crippen LogP contribution < -0.4 is 0 Å². The van der Waals surface area contributed by atoms with E-state index in [4.69, 9.17) is 20.4 Å². The zero-order chi connectivity index (χ0) is 13.8. The Balaban J connectivity index is 0. The monoisotopic (exact) mass is 250 g/mol. The molecule has 0 rings (SSSR count). The number of hydrogen-bond acceptors (Lipinski definition) is 4. The summed E-state index contributed by atoms with van der Waals surface area (Å²) in [5, 5.41) is 32.7. The first kappa shape index (κ1) is 17.8. The molecule has 0 saturated carbocycles. The average Bonchev–Trinajstić information content (AvgIpc) is 2.17. The lowest BCUT2D eigenvalue weighted by atomic mass is 10.2. The molecule has 1 atom stereocenters. The maximum atomic E-state index is 9.84. The maximum absolute atomic E-state index is 9.84. The van der Waals surface area contributed by atoms with Crippen molar-refractivity contribution in [3.05, 3.63) is 0 Å². The molecule has 0 aromatic heterocycles. The summed E-state index contributed by atoms with van der Waals surface area (Å²) in [5.41, 5.74) is 0. The minimum absolute atomic E-state index is 0.0632. The van der Waals surface area contributed by atoms with Gasteiger partial charge >= 0.3 is 17.9 Å². The van der Waals surface area contributed by atoms with E-state index in [0.29, 0.717) is 12.8 Å². The fraction of sp³-hybridized carbons (Fsp3) is 0.700. The van der Waals surface area contributed by atoms with Crippen molar-refractivity contribution in [1.29, 1.82) is 0 Å². The topological polar surface area (TPSA) is 132 Å². The van der Waals surface area contributed by atoms with Crippen LogP contribution in [0.2, 0.25) is 0 Å². The highest BCUT2D eigenvalue weighted by molar-refractivity contribution is 5.71. The number of aliphatic hydroxyl groups excluding tert-OH is 1. The Hall–Kier alpha value is -1.63. The summed E-state index contributed by atoms with van der Waals surface area (Å²) in [4.78, 5) is 29.4. The lowest BCUT2D eigenvalue weighted by Gasteiger charge is -1.99. The van der Waals surface area contributed by atoms with E-state index in [1.165, 1.54) is 0 Å². The van der Waals surface area contributed by atoms with Crippen LogP contribution in [-0.2, 0) is 14.4 Å². The Morgan fingerprint density at radius 3 is 1.59 bits per heavy atom. The largest absolute Gasteiger partial charge is 0.481 e. The normalized spacial score (nSPS) is 10.9. The van der Waals surface area contributed by atoms with E-state index in [-0.39, 0.29) is 19.3 Å². The van der Waals surface area contributed by atoms with Gasteiger partial charge in [0, 0.05) is 12.8 Å². The fourth-order valence-corrected chi connectivity index (χ4v) is 0.788. The van der Waals surface area contributed by atoms with Crippen molar-refractivity contribution in [2.75, 3.05) is 0 Å². The molecule has 100 valence electrons. The number of carboxylic acids is 3. The minimum Gasteiger partial charge on any atom is -0.481 e. The van der Waals surface area contributed by atoms with Crippen LogP contribution in [0, 0.1) is 0 Å². The smallest absolute Gasteiger partial charge is 0.332 e. The molecule has 0 heterocycles. The Morgan fingerprint density at radius 2 is 1.41 bits per heavy atom. The van der Waals surface area contributed by atoms with Crippen LogP contribution in [-0.4, -0.2) is 44.4 Å². The Kier molecular flexibility index (Phi) is 11.4. The van der Waals surface area contributed by atoms with Crippen LogP contribution in [0.3, 0.4) is 0 Å². The summed E-state index contributed by atoms with van der Waals surface area (Å²) in [6.45, 7) is 1.83. The SMILES string of the molecule is CCCC(O)C(=O)O.O=C(O)CCCC(=O)O. The summed E-state index contributed by atoms with van der Waals surface area (Å²) >= 11 is 0. The van der Waals surface area contributed by atoms with Gasteiger partial charge in [-0.2, -0.15) is 0 Å². The Labute approximate surface area is 98.7 Å². The van der Waals surface area contributed by atoms with Gasteiger partial charge in [0.25, 0.3) is 0 Å². The van der Waals surface area contributed by atoms with Crippen LogP contribution in [0.1, 0.15) is 39.0 Å². The summed E-state index contributed by atoms with van der Waals surface area (Å²) < 4.78 is 0. The molecule has 1 unspecified atom stereocenters. The van der Waals surface area contributed by atoms with Crippen LogP contribution in [0.4, 0.5) is 0 Å². The molecule has 0 aliphatic carbocycles. The molecule has 0 aromatic carbocycles. The summed E-state index contributed by atoms with van der Waals surface area (Å²) in [5.74, 6) is -3.03. The van der Waals surface area contributed by atoms with Gasteiger partial charge in [-0.1, -0.05) is 13.3 Å². The quantitative estimate of drug-likeness (QED) is 0.518. The summed E-state index contributed by atoms with van der Waals surface area (Å²) in [6.07, 6.45) is -0.0356. The number of carbonyl (C=O) groups is 3. The number of aliphatic carboxylic acids is 3. The van der Waals surface area contributed by atoms with Gasteiger partial charge in [-0.3, -0.25) is 9.59 Å². The van der Waals surface area contributed by atoms with Crippen molar-refractivity contribution in [2.24, 2.45) is 0 Å². The zero-order valence-electron chi connectivity index (χ0n) is 9.63. The highest BCUT2D eigenvalue weighted by Crippen LogP contribution is 1.94. The predicted octanol–water partition coefficient (Wildman–Crippen LogP) is 0.558. The van der Waals surface area contributed by atoms with Crippen molar-refractivity contribution in [1.82, 2.24) is 0 Å². The fourth-order valence-electron chi connectivity index (χ4n) is 0.788. The standard InChI is InChI=1S/C5H8O4.C5H10O3/c6-4(7)2-1-3-5(8)9;1-2-3-4(6)5(7)8/h1-3H2,(H,6,7)(H,8,9);4,6H,2-3H2,1H3,(H,7,8). The first-order valence-corrected chi connectivity index (χ1v) is 5.15. The molecule has 0 aromatic rings. The van der Waals surface area contributed by atoms with Crippen LogP contribution in [0.25, 0.3) is 0 Å². The van der Waals surface area contributed by atoms with E-state index < -0.39 is 24.0 Å². The molecule has 0 aliphatic heterocycles. The molecule has 0 amide bonds. The van der Waals surface area contributed by atoms with Crippen molar-refractivity contribution in [3.8, 4) is 0 Å². The molecule has 0 saturated heterocycles. The second-order valence-electron chi connectivity index (χ2n) is 3.28. The number of rotatable bonds is 7. The highest BCUT2D eigenvalue weighted by Gasteiger charge is 2.09. The zero-order valence-corrected chi connectivity index (χ0v) is 9.63. The van der Waals surface area contributed by atoms with Gasteiger partial charge in [0.1, 0.15) is 0 Å². The average molecular weight is 250 g/mol. The van der Waals surface area contributed by atoms with E-state index in [9.17, 15) is 14.4 Å². The molecule has 0 fully saturated rings. The molecular weight excluding hydrogens is 232 g/mol. The highest BCUT2D eigenvalue weighted by atomic mass is 16.4. The maximum Gasteiger partial charge on any atom is 0.332 e. The molecule has 0 bridgehead atoms. The van der Waals surface area contributed by atoms with Crippen molar-refractivity contribution in [2.45, 2.75) is 45.1 Å². The molecule has 7 heteroatoms. The molecule has 0 spiro atoms. The second-order valence-corrected chi connectivity index (χ2v) is 3.28. The predicted molar refractivity (Wildman–Crippen MR) is 57.7 cm³/mol. The second kappa shape index (κ2) is 10.9. The summed E-state index contributed by atoms with van der Waals surface area (Å²) in [6, 6.07) is 0. The molecule has 7 nitrogen and oxygen atoms in total. The lowest BCUT2D eigenvalue weighted by Crippen LogP contribution is -2.18. The van der Waals surface area contributed by atoms with Gasteiger partial charge in [-0.25, -0.2) is 4.79 Å². The van der Waals surface area contributed by atoms with Gasteiger partial charge in [-0.15, -0.1) is 0 Å². The molecule has 0 aliphatic rings. The number of carboxylic acid groups (broad SMARTS) is 3. The van der Waals surface area contributed by atoms with Gasteiger partial charge in [0.15, 0.2) is 6.10 Å². The van der Waals surface area contributed by atoms with Gasteiger partial charge in [-0.05, 0) is 12.8 Å². The van der Waals surface area contributed by atoms with E-state index in [0.717, 1.165) is 0 Å². The van der Waals surface area contributed by atoms with Crippen molar-refractivity contribution < 1.29 is 34.8 Å². The number of hydrogen-bond donors (Lipinski definition) is 4. The van der Waals surface area contributed by atoms with Crippen LogP contribution in [0.15, 0.2) is 0 Å². The van der Waals surface area contributed by atoms with E-state index in [2.05, 4.69) is 0 Å². The third kappa shape index (κ3) is 17.0. The minimum atomic E-state index is -1.17. The van der Waals surface area contributed by atoms with Crippen molar-refractivity contribution in [3.63, 3.8) is 0 Å². The summed E-state index contributed by atoms with van der Waals surface area (Å²) in [7, 11) is 0. The first-order chi connectivity index (χ1) is 7.81. The third-order valence-corrected chi connectivity index (χ3v) is 1.63. The Morgan fingerprint density at radius 1 is 1.00 bits per heavy atom. The molecule has 4 N–H and O–H groups in total. The van der Waals surface area contributed by atoms with E-state index in [1.54, 1.807) is 0 Å². The first-order valence-electron chi connectivity index (χ1n) is 5.15. The molecular formula is C10H18O7. The van der Waals surface area contributed by atoms with Crippen LogP contribution >= 0.6 is 0 Å². The van der Waals surface area contributed by atoms with Crippen LogP contribution in [0.5, 0.6) is 0 Å². The van der Waals surface area contributed by atoms with Gasteiger partial charge < -0.3 is 20.4 Å². The molecule has 0 radical (unpaired) electrons. The van der Waals surface area contributed by atoms with Crippen molar-refractivity contribution >= 4 is 17.9 Å². The van der Waals surface area contributed by atoms with E-state index in [1.807, 2.05) is 6.92 Å². The van der Waals surface area contributed by atoms with Gasteiger partial charge in [0.05, 0.1) is 0 Å². The lowest BCUT2D eigenvalue weighted by molar-refractivity contribution is -0.147.